The number of aromatic nitrogens is 3. The van der Waals surface area contributed by atoms with E-state index in [4.69, 9.17) is 4.74 Å². The minimum Gasteiger partial charge on any atom is -0.495 e. The van der Waals surface area contributed by atoms with Crippen molar-refractivity contribution in [2.75, 3.05) is 7.11 Å². The Morgan fingerprint density at radius 1 is 1.44 bits per heavy atom. The number of hydrogen-bond donors (Lipinski definition) is 0. The molecule has 4 nitrogen and oxygen atoms in total. The van der Waals surface area contributed by atoms with E-state index in [1.807, 2.05) is 43.2 Å². The van der Waals surface area contributed by atoms with Crippen molar-refractivity contribution in [3.8, 4) is 17.1 Å². The fourth-order valence-corrected chi connectivity index (χ4v) is 2.41. The van der Waals surface area contributed by atoms with Crippen LogP contribution in [0.25, 0.3) is 11.4 Å². The van der Waals surface area contributed by atoms with E-state index in [0.29, 0.717) is 0 Å². The molecule has 0 spiro atoms. The lowest BCUT2D eigenvalue weighted by Gasteiger charge is -2.06. The summed E-state index contributed by atoms with van der Waals surface area (Å²) < 4.78 is 10.3. The molecule has 0 amide bonds. The molecule has 0 fully saturated rings. The lowest BCUT2D eigenvalue weighted by atomic mass is 10.2. The van der Waals surface area contributed by atoms with Gasteiger partial charge in [-0.05, 0) is 34.7 Å². The Kier molecular flexibility index (Phi) is 3.13. The lowest BCUT2D eigenvalue weighted by molar-refractivity contribution is -0.661. The normalized spacial score (nSPS) is 10.5. The molecule has 0 aliphatic heterocycles. The van der Waals surface area contributed by atoms with Crippen molar-refractivity contribution >= 4 is 22.6 Å². The van der Waals surface area contributed by atoms with Crippen molar-refractivity contribution in [3.63, 3.8) is 0 Å². The predicted molar refractivity (Wildman–Crippen MR) is 69.1 cm³/mol. The van der Waals surface area contributed by atoms with Crippen LogP contribution >= 0.6 is 22.6 Å². The van der Waals surface area contributed by atoms with Crippen molar-refractivity contribution in [2.45, 2.75) is 0 Å². The number of ether oxygens (including phenoxy) is 1. The van der Waals surface area contributed by atoms with Gasteiger partial charge < -0.3 is 4.74 Å². The van der Waals surface area contributed by atoms with Crippen LogP contribution in [0, 0.1) is 3.57 Å². The smallest absolute Gasteiger partial charge is 0.312 e. The molecular formula is C11H13IN3O+. The second-order valence-corrected chi connectivity index (χ2v) is 4.71. The van der Waals surface area contributed by atoms with Gasteiger partial charge in [0.05, 0.1) is 30.3 Å². The maximum absolute atomic E-state index is 5.42. The Morgan fingerprint density at radius 2 is 2.19 bits per heavy atom. The molecule has 0 saturated carbocycles. The van der Waals surface area contributed by atoms with E-state index in [1.54, 1.807) is 11.8 Å². The predicted octanol–water partition coefficient (Wildman–Crippen LogP) is 1.52. The zero-order valence-corrected chi connectivity index (χ0v) is 11.6. The molecular weight excluding hydrogens is 317 g/mol. The highest BCUT2D eigenvalue weighted by Gasteiger charge is 2.20. The Hall–Kier alpha value is -1.11. The summed E-state index contributed by atoms with van der Waals surface area (Å²) in [5, 5.41) is 4.43. The average Bonchev–Trinajstić information content (AvgIpc) is 2.57. The van der Waals surface area contributed by atoms with Gasteiger partial charge in [-0.25, -0.2) is 4.57 Å². The van der Waals surface area contributed by atoms with E-state index >= 15 is 0 Å². The first-order chi connectivity index (χ1) is 7.63. The van der Waals surface area contributed by atoms with E-state index in [1.165, 1.54) is 0 Å². The third kappa shape index (κ3) is 1.91. The van der Waals surface area contributed by atoms with Crippen LogP contribution in [0.4, 0.5) is 0 Å². The number of hydrogen-bond acceptors (Lipinski definition) is 2. The Morgan fingerprint density at radius 3 is 2.75 bits per heavy atom. The van der Waals surface area contributed by atoms with Crippen LogP contribution in [0.2, 0.25) is 0 Å². The number of methoxy groups -OCH3 is 1. The Bertz CT molecular complexity index is 522. The van der Waals surface area contributed by atoms with Gasteiger partial charge in [0.15, 0.2) is 0 Å². The van der Waals surface area contributed by atoms with Gasteiger partial charge in [-0.2, -0.15) is 0 Å². The highest BCUT2D eigenvalue weighted by atomic mass is 127. The van der Waals surface area contributed by atoms with Crippen LogP contribution in [-0.2, 0) is 14.1 Å². The average molecular weight is 330 g/mol. The van der Waals surface area contributed by atoms with Crippen LogP contribution < -0.4 is 9.30 Å². The number of para-hydroxylation sites is 1. The summed E-state index contributed by atoms with van der Waals surface area (Å²) in [5.41, 5.74) is 1.01. The monoisotopic (exact) mass is 330 g/mol. The first kappa shape index (κ1) is 11.4. The Labute approximate surface area is 108 Å². The maximum Gasteiger partial charge on any atom is 0.312 e. The number of benzene rings is 1. The lowest BCUT2D eigenvalue weighted by Crippen LogP contribution is -2.28. The van der Waals surface area contributed by atoms with Crippen LogP contribution in [0.15, 0.2) is 24.5 Å². The number of nitrogens with zero attached hydrogens (tertiary/aromatic N) is 3. The van der Waals surface area contributed by atoms with E-state index in [9.17, 15) is 0 Å². The zero-order chi connectivity index (χ0) is 11.7. The van der Waals surface area contributed by atoms with Crippen molar-refractivity contribution in [3.05, 3.63) is 28.1 Å². The number of halogens is 1. The maximum atomic E-state index is 5.42. The molecule has 2 aromatic rings. The summed E-state index contributed by atoms with van der Waals surface area (Å²) in [5.74, 6) is 1.77. The topological polar surface area (TPSA) is 30.9 Å². The molecule has 1 heterocycles. The molecule has 0 aliphatic carbocycles. The highest BCUT2D eigenvalue weighted by Crippen LogP contribution is 2.30. The molecule has 0 bridgehead atoms. The molecule has 0 atom stereocenters. The van der Waals surface area contributed by atoms with Gasteiger partial charge in [-0.3, -0.25) is 0 Å². The van der Waals surface area contributed by atoms with Crippen LogP contribution in [0.5, 0.6) is 5.75 Å². The summed E-state index contributed by atoms with van der Waals surface area (Å²) in [6, 6.07) is 6.05. The van der Waals surface area contributed by atoms with Crippen molar-refractivity contribution in [2.24, 2.45) is 14.1 Å². The van der Waals surface area contributed by atoms with Gasteiger partial charge in [0.25, 0.3) is 0 Å². The van der Waals surface area contributed by atoms with Crippen molar-refractivity contribution in [1.82, 2.24) is 9.78 Å². The van der Waals surface area contributed by atoms with Gasteiger partial charge in [-0.1, -0.05) is 6.07 Å². The molecule has 0 unspecified atom stereocenters. The van der Waals surface area contributed by atoms with E-state index < -0.39 is 0 Å². The zero-order valence-electron chi connectivity index (χ0n) is 9.44. The second kappa shape index (κ2) is 4.40. The molecule has 1 aromatic carbocycles. The number of rotatable bonds is 2. The first-order valence-corrected chi connectivity index (χ1v) is 5.93. The van der Waals surface area contributed by atoms with Crippen LogP contribution in [0.1, 0.15) is 0 Å². The molecule has 0 saturated heterocycles. The summed E-state index contributed by atoms with van der Waals surface area (Å²) in [7, 11) is 5.56. The standard InChI is InChI=1S/C11H13IN3O/c1-14-7-15(2)13-11(14)8-5-4-6-9(12)10(8)16-3/h4-7H,1-3H3/q+1. The molecule has 2 rings (SSSR count). The van der Waals surface area contributed by atoms with Gasteiger partial charge >= 0.3 is 5.82 Å². The summed E-state index contributed by atoms with van der Waals surface area (Å²) in [6.45, 7) is 0. The summed E-state index contributed by atoms with van der Waals surface area (Å²) in [6.07, 6.45) is 1.93. The molecule has 1 aromatic heterocycles. The quantitative estimate of drug-likeness (QED) is 0.618. The SMILES string of the molecule is COc1c(I)cccc1-c1nn(C)c[n+]1C. The third-order valence-electron chi connectivity index (χ3n) is 2.34. The fourth-order valence-electron chi connectivity index (χ4n) is 1.69. The Balaban J connectivity index is 2.64. The fraction of sp³-hybridized carbons (Fsp3) is 0.273. The second-order valence-electron chi connectivity index (χ2n) is 3.54. The summed E-state index contributed by atoms with van der Waals surface area (Å²) >= 11 is 2.26. The third-order valence-corrected chi connectivity index (χ3v) is 3.19. The van der Waals surface area contributed by atoms with E-state index in [-0.39, 0.29) is 0 Å². The first-order valence-electron chi connectivity index (χ1n) is 4.85. The molecule has 5 heteroatoms. The van der Waals surface area contributed by atoms with Gasteiger partial charge in [0, 0.05) is 5.10 Å². The van der Waals surface area contributed by atoms with Crippen molar-refractivity contribution in [1.29, 1.82) is 0 Å². The van der Waals surface area contributed by atoms with E-state index in [2.05, 4.69) is 27.7 Å². The minimum atomic E-state index is 0.873. The van der Waals surface area contributed by atoms with Gasteiger partial charge in [-0.15, -0.1) is 4.68 Å². The molecule has 0 N–H and O–H groups in total. The minimum absolute atomic E-state index is 0.873. The van der Waals surface area contributed by atoms with Gasteiger partial charge in [0.1, 0.15) is 5.75 Å². The molecule has 16 heavy (non-hydrogen) atoms. The molecule has 0 radical (unpaired) electrons. The van der Waals surface area contributed by atoms with Crippen LogP contribution in [0.3, 0.4) is 0 Å². The van der Waals surface area contributed by atoms with Crippen LogP contribution in [-0.4, -0.2) is 16.9 Å². The van der Waals surface area contributed by atoms with Gasteiger partial charge in [0.2, 0.25) is 6.33 Å². The largest absolute Gasteiger partial charge is 0.495 e. The van der Waals surface area contributed by atoms with Crippen molar-refractivity contribution < 1.29 is 9.30 Å². The highest BCUT2D eigenvalue weighted by molar-refractivity contribution is 14.1. The molecule has 84 valence electrons. The number of aryl methyl sites for hydroxylation is 2. The molecule has 0 aliphatic rings. The van der Waals surface area contributed by atoms with E-state index in [0.717, 1.165) is 20.7 Å². The summed E-state index contributed by atoms with van der Waals surface area (Å²) in [4.78, 5) is 0.